The van der Waals surface area contributed by atoms with E-state index >= 15 is 0 Å². The molecule has 1 N–H and O–H groups in total. The second-order valence-corrected chi connectivity index (χ2v) is 7.54. The summed E-state index contributed by atoms with van der Waals surface area (Å²) in [6, 6.07) is 12.8. The van der Waals surface area contributed by atoms with Crippen molar-refractivity contribution in [2.24, 2.45) is 0 Å². The smallest absolute Gasteiger partial charge is 0.236 e. The highest BCUT2D eigenvalue weighted by molar-refractivity contribution is 6.09. The highest BCUT2D eigenvalue weighted by Crippen LogP contribution is 2.42. The van der Waals surface area contributed by atoms with Gasteiger partial charge in [0.05, 0.1) is 16.4 Å². The largest absolute Gasteiger partial charge is 0.342 e. The van der Waals surface area contributed by atoms with E-state index in [9.17, 15) is 4.79 Å². The number of H-pyrrole nitrogens is 1. The second kappa shape index (κ2) is 5.45. The molecule has 4 heteroatoms. The fraction of sp³-hybridized carbons (Fsp3) is 0.333. The Morgan fingerprint density at radius 2 is 1.84 bits per heavy atom. The number of hydrogen-bond acceptors (Lipinski definition) is 2. The van der Waals surface area contributed by atoms with Crippen LogP contribution in [0.15, 0.2) is 36.4 Å². The number of rotatable bonds is 3. The molecule has 1 amide bonds. The number of carbonyl (C=O) groups is 1. The van der Waals surface area contributed by atoms with Gasteiger partial charge < -0.3 is 9.88 Å². The van der Waals surface area contributed by atoms with E-state index in [0.717, 1.165) is 41.0 Å². The highest BCUT2D eigenvalue weighted by Gasteiger charge is 2.42. The summed E-state index contributed by atoms with van der Waals surface area (Å²) in [5.41, 5.74) is 6.10. The molecule has 0 unspecified atom stereocenters. The quantitative estimate of drug-likeness (QED) is 0.790. The van der Waals surface area contributed by atoms with Crippen molar-refractivity contribution in [1.29, 1.82) is 0 Å². The van der Waals surface area contributed by atoms with Gasteiger partial charge in [-0.1, -0.05) is 29.8 Å². The third-order valence-electron chi connectivity index (χ3n) is 5.29. The van der Waals surface area contributed by atoms with Crippen LogP contribution in [0.4, 0.5) is 5.69 Å². The average molecular weight is 333 g/mol. The number of amides is 1. The predicted molar refractivity (Wildman–Crippen MR) is 101 cm³/mol. The van der Waals surface area contributed by atoms with Crippen molar-refractivity contribution in [3.8, 4) is 0 Å². The minimum Gasteiger partial charge on any atom is -0.342 e. The van der Waals surface area contributed by atoms with Crippen LogP contribution in [0.2, 0.25) is 0 Å². The number of carbonyl (C=O) groups excluding carboxylic acids is 1. The SMILES string of the molecule is Cc1ccc(CCc2nc3cc4c(cc3[nH]2)C(C)(C)C(=O)N4C)cc1. The number of imidazole rings is 1. The van der Waals surface area contributed by atoms with E-state index in [4.69, 9.17) is 4.98 Å². The third kappa shape index (κ3) is 2.53. The fourth-order valence-electron chi connectivity index (χ4n) is 3.66. The maximum absolute atomic E-state index is 12.4. The number of aromatic amines is 1. The van der Waals surface area contributed by atoms with Gasteiger partial charge in [-0.05, 0) is 50.5 Å². The molecule has 1 aromatic heterocycles. The predicted octanol–water partition coefficient (Wildman–Crippen LogP) is 3.91. The van der Waals surface area contributed by atoms with E-state index in [1.807, 2.05) is 27.0 Å². The first-order chi connectivity index (χ1) is 11.9. The summed E-state index contributed by atoms with van der Waals surface area (Å²) in [4.78, 5) is 22.3. The van der Waals surface area contributed by atoms with E-state index in [2.05, 4.69) is 42.2 Å². The van der Waals surface area contributed by atoms with Gasteiger partial charge in [0.1, 0.15) is 5.82 Å². The van der Waals surface area contributed by atoms with Gasteiger partial charge in [0.15, 0.2) is 0 Å². The number of benzene rings is 2. The van der Waals surface area contributed by atoms with Gasteiger partial charge in [0.2, 0.25) is 5.91 Å². The zero-order chi connectivity index (χ0) is 17.8. The van der Waals surface area contributed by atoms with Crippen molar-refractivity contribution in [1.82, 2.24) is 9.97 Å². The molecule has 0 radical (unpaired) electrons. The normalized spacial score (nSPS) is 15.8. The van der Waals surface area contributed by atoms with Crippen LogP contribution in [0, 0.1) is 6.92 Å². The Hall–Kier alpha value is -2.62. The van der Waals surface area contributed by atoms with E-state index < -0.39 is 5.41 Å². The van der Waals surface area contributed by atoms with Crippen molar-refractivity contribution in [2.75, 3.05) is 11.9 Å². The maximum atomic E-state index is 12.4. The van der Waals surface area contributed by atoms with Crippen LogP contribution in [0.5, 0.6) is 0 Å². The standard InChI is InChI=1S/C21H23N3O/c1-13-5-7-14(8-6-13)9-10-19-22-16-11-15-18(12-17(16)23-19)24(4)20(25)21(15,2)3/h5-8,11-12H,9-10H2,1-4H3,(H,22,23). The fourth-order valence-corrected chi connectivity index (χ4v) is 3.66. The number of fused-ring (bicyclic) bond motifs is 2. The molecule has 0 saturated carbocycles. The lowest BCUT2D eigenvalue weighted by Gasteiger charge is -2.16. The number of nitrogens with one attached hydrogen (secondary N) is 1. The van der Waals surface area contributed by atoms with Crippen molar-refractivity contribution in [3.63, 3.8) is 0 Å². The van der Waals surface area contributed by atoms with Gasteiger partial charge in [0, 0.05) is 19.2 Å². The summed E-state index contributed by atoms with van der Waals surface area (Å²) in [6.45, 7) is 6.07. The summed E-state index contributed by atoms with van der Waals surface area (Å²) in [7, 11) is 1.84. The minimum absolute atomic E-state index is 0.134. The summed E-state index contributed by atoms with van der Waals surface area (Å²) < 4.78 is 0. The molecule has 4 nitrogen and oxygen atoms in total. The Balaban J connectivity index is 1.63. The van der Waals surface area contributed by atoms with Crippen molar-refractivity contribution in [2.45, 2.75) is 39.0 Å². The van der Waals surface area contributed by atoms with Gasteiger partial charge >= 0.3 is 0 Å². The minimum atomic E-state index is -0.481. The zero-order valence-corrected chi connectivity index (χ0v) is 15.2. The lowest BCUT2D eigenvalue weighted by Crippen LogP contribution is -2.33. The van der Waals surface area contributed by atoms with E-state index in [0.29, 0.717) is 0 Å². The van der Waals surface area contributed by atoms with E-state index in [-0.39, 0.29) is 5.91 Å². The van der Waals surface area contributed by atoms with Crippen LogP contribution < -0.4 is 4.90 Å². The monoisotopic (exact) mass is 333 g/mol. The molecule has 1 aliphatic rings. The topological polar surface area (TPSA) is 49.0 Å². The van der Waals surface area contributed by atoms with Crippen molar-refractivity contribution in [3.05, 3.63) is 58.9 Å². The molecule has 0 bridgehead atoms. The molecule has 0 aliphatic carbocycles. The molecule has 0 atom stereocenters. The first-order valence-corrected chi connectivity index (χ1v) is 8.73. The Morgan fingerprint density at radius 3 is 2.56 bits per heavy atom. The van der Waals surface area contributed by atoms with Gasteiger partial charge in [0.25, 0.3) is 0 Å². The molecule has 2 heterocycles. The molecule has 0 fully saturated rings. The van der Waals surface area contributed by atoms with Crippen LogP contribution in [0.1, 0.15) is 36.4 Å². The van der Waals surface area contributed by atoms with Crippen molar-refractivity contribution >= 4 is 22.6 Å². The Bertz CT molecular complexity index is 967. The van der Waals surface area contributed by atoms with Crippen LogP contribution in [0.3, 0.4) is 0 Å². The van der Waals surface area contributed by atoms with Gasteiger partial charge in [-0.3, -0.25) is 4.79 Å². The van der Waals surface area contributed by atoms with Gasteiger partial charge in [-0.2, -0.15) is 0 Å². The van der Waals surface area contributed by atoms with E-state index in [1.54, 1.807) is 4.90 Å². The molecule has 128 valence electrons. The Labute approximate surface area is 147 Å². The maximum Gasteiger partial charge on any atom is 0.236 e. The van der Waals surface area contributed by atoms with Gasteiger partial charge in [-0.25, -0.2) is 4.98 Å². The van der Waals surface area contributed by atoms with E-state index in [1.165, 1.54) is 11.1 Å². The Kier molecular flexibility index (Phi) is 3.46. The summed E-state index contributed by atoms with van der Waals surface area (Å²) in [5.74, 6) is 1.13. The molecule has 3 aromatic rings. The third-order valence-corrected chi connectivity index (χ3v) is 5.29. The highest BCUT2D eigenvalue weighted by atomic mass is 16.2. The molecular weight excluding hydrogens is 310 g/mol. The lowest BCUT2D eigenvalue weighted by atomic mass is 9.86. The molecule has 4 rings (SSSR count). The number of hydrogen-bond donors (Lipinski definition) is 1. The molecule has 25 heavy (non-hydrogen) atoms. The average Bonchev–Trinajstić information content (AvgIpc) is 3.06. The lowest BCUT2D eigenvalue weighted by molar-refractivity contribution is -0.121. The first kappa shape index (κ1) is 15.9. The molecule has 2 aromatic carbocycles. The molecular formula is C21H23N3O. The number of nitrogens with zero attached hydrogens (tertiary/aromatic N) is 2. The number of aryl methyl sites for hydroxylation is 3. The number of likely N-dealkylation sites (N-methyl/N-ethyl adjacent to an activating group) is 1. The molecule has 0 saturated heterocycles. The number of aromatic nitrogens is 2. The summed E-state index contributed by atoms with van der Waals surface area (Å²) >= 11 is 0. The first-order valence-electron chi connectivity index (χ1n) is 8.73. The van der Waals surface area contributed by atoms with Crippen LogP contribution in [-0.4, -0.2) is 22.9 Å². The van der Waals surface area contributed by atoms with Crippen LogP contribution in [0.25, 0.3) is 11.0 Å². The van der Waals surface area contributed by atoms with Crippen molar-refractivity contribution < 1.29 is 4.79 Å². The Morgan fingerprint density at radius 1 is 1.12 bits per heavy atom. The second-order valence-electron chi connectivity index (χ2n) is 7.54. The molecule has 0 spiro atoms. The molecule has 1 aliphatic heterocycles. The van der Waals surface area contributed by atoms with Crippen LogP contribution in [-0.2, 0) is 23.1 Å². The summed E-state index contributed by atoms with van der Waals surface area (Å²) in [6.07, 6.45) is 1.84. The van der Waals surface area contributed by atoms with Gasteiger partial charge in [-0.15, -0.1) is 0 Å². The van der Waals surface area contributed by atoms with Crippen LogP contribution >= 0.6 is 0 Å². The number of anilines is 1. The zero-order valence-electron chi connectivity index (χ0n) is 15.2. The summed E-state index contributed by atoms with van der Waals surface area (Å²) in [5, 5.41) is 0.